The standard InChI is InChI=1S/C10H18Br2/c11-8-6-10(7-9-12)4-2-1-3-5-10/h1-9H2. The van der Waals surface area contributed by atoms with Crippen LogP contribution < -0.4 is 0 Å². The van der Waals surface area contributed by atoms with Gasteiger partial charge in [0.25, 0.3) is 0 Å². The summed E-state index contributed by atoms with van der Waals surface area (Å²) in [5.41, 5.74) is 0.686. The summed E-state index contributed by atoms with van der Waals surface area (Å²) in [4.78, 5) is 0. The Balaban J connectivity index is 2.44. The van der Waals surface area contributed by atoms with Gasteiger partial charge in [0.1, 0.15) is 0 Å². The maximum atomic E-state index is 3.57. The molecule has 0 aromatic rings. The van der Waals surface area contributed by atoms with Crippen LogP contribution in [0.15, 0.2) is 0 Å². The van der Waals surface area contributed by atoms with E-state index in [1.807, 2.05) is 0 Å². The van der Waals surface area contributed by atoms with E-state index in [1.165, 1.54) is 55.6 Å². The molecule has 0 aliphatic heterocycles. The molecule has 0 amide bonds. The van der Waals surface area contributed by atoms with E-state index in [0.29, 0.717) is 5.41 Å². The summed E-state index contributed by atoms with van der Waals surface area (Å²) >= 11 is 7.15. The number of hydrogen-bond acceptors (Lipinski definition) is 0. The minimum Gasteiger partial charge on any atom is -0.0928 e. The van der Waals surface area contributed by atoms with E-state index in [1.54, 1.807) is 0 Å². The van der Waals surface area contributed by atoms with Crippen molar-refractivity contribution in [1.82, 2.24) is 0 Å². The number of rotatable bonds is 4. The molecule has 0 unspecified atom stereocenters. The summed E-state index contributed by atoms with van der Waals surface area (Å²) in [5, 5.41) is 2.36. The quantitative estimate of drug-likeness (QED) is 0.670. The summed E-state index contributed by atoms with van der Waals surface area (Å²) < 4.78 is 0. The van der Waals surface area contributed by atoms with Crippen LogP contribution in [0.1, 0.15) is 44.9 Å². The van der Waals surface area contributed by atoms with Crippen molar-refractivity contribution in [3.05, 3.63) is 0 Å². The lowest BCUT2D eigenvalue weighted by molar-refractivity contribution is 0.178. The van der Waals surface area contributed by atoms with Crippen molar-refractivity contribution in [3.63, 3.8) is 0 Å². The van der Waals surface area contributed by atoms with Crippen LogP contribution in [0.3, 0.4) is 0 Å². The highest BCUT2D eigenvalue weighted by atomic mass is 79.9. The zero-order valence-electron chi connectivity index (χ0n) is 7.62. The molecule has 1 saturated carbocycles. The molecule has 0 spiro atoms. The van der Waals surface area contributed by atoms with Crippen molar-refractivity contribution in [3.8, 4) is 0 Å². The first kappa shape index (κ1) is 11.0. The van der Waals surface area contributed by atoms with Gasteiger partial charge in [-0.2, -0.15) is 0 Å². The summed E-state index contributed by atoms with van der Waals surface area (Å²) in [7, 11) is 0. The van der Waals surface area contributed by atoms with Gasteiger partial charge in [0.2, 0.25) is 0 Å². The predicted molar refractivity (Wildman–Crippen MR) is 62.3 cm³/mol. The summed E-state index contributed by atoms with van der Waals surface area (Å²) in [5.74, 6) is 0. The molecule has 0 nitrogen and oxygen atoms in total. The van der Waals surface area contributed by atoms with Gasteiger partial charge < -0.3 is 0 Å². The topological polar surface area (TPSA) is 0 Å². The SMILES string of the molecule is BrCCC1(CCBr)CCCCC1. The van der Waals surface area contributed by atoms with Crippen LogP contribution >= 0.6 is 31.9 Å². The Hall–Kier alpha value is 0.960. The van der Waals surface area contributed by atoms with Gasteiger partial charge >= 0.3 is 0 Å². The molecule has 1 aliphatic carbocycles. The number of alkyl halides is 2. The summed E-state index contributed by atoms with van der Waals surface area (Å²) in [6.07, 6.45) is 10.1. The van der Waals surface area contributed by atoms with Crippen LogP contribution in [0.5, 0.6) is 0 Å². The first-order chi connectivity index (χ1) is 5.83. The second-order valence-corrected chi connectivity index (χ2v) is 5.52. The molecule has 0 heterocycles. The van der Waals surface area contributed by atoms with E-state index in [-0.39, 0.29) is 0 Å². The van der Waals surface area contributed by atoms with Gasteiger partial charge in [0, 0.05) is 10.7 Å². The fraction of sp³-hybridized carbons (Fsp3) is 1.00. The molecule has 1 aliphatic rings. The van der Waals surface area contributed by atoms with E-state index in [2.05, 4.69) is 31.9 Å². The molecule has 0 aromatic heterocycles. The van der Waals surface area contributed by atoms with Crippen LogP contribution in [0.4, 0.5) is 0 Å². The lowest BCUT2D eigenvalue weighted by Crippen LogP contribution is -2.25. The normalized spacial score (nSPS) is 22.5. The lowest BCUT2D eigenvalue weighted by Gasteiger charge is -2.36. The zero-order valence-corrected chi connectivity index (χ0v) is 10.8. The molecular weight excluding hydrogens is 280 g/mol. The molecule has 0 radical (unpaired) electrons. The average molecular weight is 298 g/mol. The van der Waals surface area contributed by atoms with Gasteiger partial charge in [-0.3, -0.25) is 0 Å². The van der Waals surface area contributed by atoms with E-state index < -0.39 is 0 Å². The zero-order chi connectivity index (χ0) is 8.86. The third-order valence-electron chi connectivity index (χ3n) is 3.16. The molecular formula is C10H18Br2. The van der Waals surface area contributed by atoms with Crippen LogP contribution in [-0.2, 0) is 0 Å². The molecule has 0 bridgehead atoms. The van der Waals surface area contributed by atoms with E-state index >= 15 is 0 Å². The van der Waals surface area contributed by atoms with Crippen LogP contribution in [0.2, 0.25) is 0 Å². The van der Waals surface area contributed by atoms with Crippen molar-refractivity contribution < 1.29 is 0 Å². The Morgan fingerprint density at radius 3 is 1.75 bits per heavy atom. The minimum atomic E-state index is 0.686. The van der Waals surface area contributed by atoms with E-state index in [9.17, 15) is 0 Å². The first-order valence-electron chi connectivity index (χ1n) is 4.95. The van der Waals surface area contributed by atoms with Crippen molar-refractivity contribution >= 4 is 31.9 Å². The third kappa shape index (κ3) is 3.02. The molecule has 1 fully saturated rings. The highest BCUT2D eigenvalue weighted by Crippen LogP contribution is 2.42. The third-order valence-corrected chi connectivity index (χ3v) is 3.96. The van der Waals surface area contributed by atoms with Crippen molar-refractivity contribution in [2.75, 3.05) is 10.7 Å². The minimum absolute atomic E-state index is 0.686. The van der Waals surface area contributed by atoms with Crippen molar-refractivity contribution in [2.24, 2.45) is 5.41 Å². The van der Waals surface area contributed by atoms with E-state index in [4.69, 9.17) is 0 Å². The lowest BCUT2D eigenvalue weighted by atomic mass is 9.70. The molecule has 0 saturated heterocycles. The van der Waals surface area contributed by atoms with Gasteiger partial charge in [0.05, 0.1) is 0 Å². The summed E-state index contributed by atoms with van der Waals surface area (Å²) in [6.45, 7) is 0. The highest BCUT2D eigenvalue weighted by molar-refractivity contribution is 9.09. The van der Waals surface area contributed by atoms with Crippen LogP contribution in [-0.4, -0.2) is 10.7 Å². The summed E-state index contributed by atoms with van der Waals surface area (Å²) in [6, 6.07) is 0. The van der Waals surface area contributed by atoms with Gasteiger partial charge in [-0.25, -0.2) is 0 Å². The molecule has 0 atom stereocenters. The highest BCUT2D eigenvalue weighted by Gasteiger charge is 2.30. The van der Waals surface area contributed by atoms with Gasteiger partial charge in [-0.05, 0) is 31.1 Å². The van der Waals surface area contributed by atoms with Gasteiger partial charge in [-0.15, -0.1) is 0 Å². The Morgan fingerprint density at radius 2 is 1.33 bits per heavy atom. The Morgan fingerprint density at radius 1 is 0.833 bits per heavy atom. The molecule has 12 heavy (non-hydrogen) atoms. The van der Waals surface area contributed by atoms with Crippen molar-refractivity contribution in [2.45, 2.75) is 44.9 Å². The van der Waals surface area contributed by atoms with Gasteiger partial charge in [-0.1, -0.05) is 51.1 Å². The fourth-order valence-corrected chi connectivity index (χ4v) is 4.01. The monoisotopic (exact) mass is 296 g/mol. The second-order valence-electron chi connectivity index (χ2n) is 3.94. The maximum absolute atomic E-state index is 3.57. The van der Waals surface area contributed by atoms with Crippen molar-refractivity contribution in [1.29, 1.82) is 0 Å². The Kier molecular flexibility index (Phi) is 5.19. The number of halogens is 2. The van der Waals surface area contributed by atoms with Gasteiger partial charge in [0.15, 0.2) is 0 Å². The number of hydrogen-bond donors (Lipinski definition) is 0. The molecule has 1 rings (SSSR count). The molecule has 2 heteroatoms. The first-order valence-corrected chi connectivity index (χ1v) is 7.19. The average Bonchev–Trinajstić information content (AvgIpc) is 2.07. The molecule has 0 aromatic carbocycles. The predicted octanol–water partition coefficient (Wildman–Crippen LogP) is 4.51. The fourth-order valence-electron chi connectivity index (χ4n) is 2.33. The van der Waals surface area contributed by atoms with E-state index in [0.717, 1.165) is 0 Å². The van der Waals surface area contributed by atoms with Crippen LogP contribution in [0, 0.1) is 5.41 Å². The molecule has 72 valence electrons. The Bertz CT molecular complexity index is 101. The smallest absolute Gasteiger partial charge is 0.00365 e. The maximum Gasteiger partial charge on any atom is 0.00365 e. The van der Waals surface area contributed by atoms with Crippen LogP contribution in [0.25, 0.3) is 0 Å². The largest absolute Gasteiger partial charge is 0.0928 e. The second kappa shape index (κ2) is 5.64. The molecule has 0 N–H and O–H groups in total. The Labute approximate surface area is 92.8 Å².